The smallest absolute Gasteiger partial charge is 0.226 e. The number of benzene rings is 1. The topological polar surface area (TPSA) is 23.6 Å². The van der Waals surface area contributed by atoms with Gasteiger partial charge in [-0.25, -0.2) is 0 Å². The summed E-state index contributed by atoms with van der Waals surface area (Å²) < 4.78 is 0. The Balaban J connectivity index is 2.01. The number of anilines is 1. The van der Waals surface area contributed by atoms with Crippen molar-refractivity contribution in [1.82, 2.24) is 4.90 Å². The fourth-order valence-electron chi connectivity index (χ4n) is 2.62. The Morgan fingerprint density at radius 1 is 1.25 bits per heavy atom. The summed E-state index contributed by atoms with van der Waals surface area (Å²) in [5, 5.41) is 0. The Morgan fingerprint density at radius 3 is 2.50 bits per heavy atom. The lowest BCUT2D eigenvalue weighted by atomic mass is 10.1. The highest BCUT2D eigenvalue weighted by Crippen LogP contribution is 2.24. The Labute approximate surface area is 126 Å². The molecule has 1 aromatic rings. The number of rotatable bonds is 3. The van der Waals surface area contributed by atoms with E-state index in [0.717, 1.165) is 26.2 Å². The van der Waals surface area contributed by atoms with Crippen LogP contribution in [0.1, 0.15) is 18.1 Å². The number of piperazine rings is 1. The van der Waals surface area contributed by atoms with Crippen LogP contribution in [0.5, 0.6) is 0 Å². The molecule has 0 bridgehead atoms. The molecule has 0 aromatic heterocycles. The minimum absolute atomic E-state index is 0.0797. The molecule has 0 saturated carbocycles. The van der Waals surface area contributed by atoms with Crippen LogP contribution >= 0.6 is 11.6 Å². The zero-order valence-corrected chi connectivity index (χ0v) is 13.3. The number of hydrogen-bond donors (Lipinski definition) is 0. The molecular formula is C16H23ClN2O. The van der Waals surface area contributed by atoms with Gasteiger partial charge >= 0.3 is 0 Å². The summed E-state index contributed by atoms with van der Waals surface area (Å²) in [5.74, 6) is 0.500. The Bertz CT molecular complexity index is 481. The van der Waals surface area contributed by atoms with E-state index in [1.807, 2.05) is 11.8 Å². The van der Waals surface area contributed by atoms with Gasteiger partial charge in [0.1, 0.15) is 0 Å². The molecule has 0 spiro atoms. The molecule has 1 aliphatic heterocycles. The first-order valence-corrected chi connectivity index (χ1v) is 7.74. The van der Waals surface area contributed by atoms with Gasteiger partial charge in [0, 0.05) is 43.7 Å². The van der Waals surface area contributed by atoms with Gasteiger partial charge in [-0.3, -0.25) is 4.79 Å². The van der Waals surface area contributed by atoms with E-state index in [1.54, 1.807) is 0 Å². The van der Waals surface area contributed by atoms with Crippen molar-refractivity contribution in [3.8, 4) is 0 Å². The minimum Gasteiger partial charge on any atom is -0.368 e. The predicted molar refractivity (Wildman–Crippen MR) is 84.6 cm³/mol. The van der Waals surface area contributed by atoms with Gasteiger partial charge in [0.25, 0.3) is 0 Å². The normalized spacial score (nSPS) is 17.2. The molecule has 1 atom stereocenters. The van der Waals surface area contributed by atoms with E-state index in [4.69, 9.17) is 11.6 Å². The van der Waals surface area contributed by atoms with Crippen molar-refractivity contribution in [2.75, 3.05) is 37.0 Å². The van der Waals surface area contributed by atoms with Crippen LogP contribution in [-0.2, 0) is 4.79 Å². The van der Waals surface area contributed by atoms with Crippen molar-refractivity contribution >= 4 is 23.2 Å². The summed E-state index contributed by atoms with van der Waals surface area (Å²) in [6, 6.07) is 6.41. The highest BCUT2D eigenvalue weighted by atomic mass is 35.5. The molecule has 2 rings (SSSR count). The van der Waals surface area contributed by atoms with Crippen LogP contribution in [0.25, 0.3) is 0 Å². The van der Waals surface area contributed by atoms with Crippen LogP contribution in [0.3, 0.4) is 0 Å². The van der Waals surface area contributed by atoms with Crippen LogP contribution in [0.2, 0.25) is 0 Å². The van der Waals surface area contributed by atoms with Crippen molar-refractivity contribution in [3.63, 3.8) is 0 Å². The maximum absolute atomic E-state index is 12.1. The highest BCUT2D eigenvalue weighted by molar-refractivity contribution is 6.19. The molecule has 1 fully saturated rings. The summed E-state index contributed by atoms with van der Waals surface area (Å²) >= 11 is 5.77. The summed E-state index contributed by atoms with van der Waals surface area (Å²) in [6.07, 6.45) is 0. The number of carbonyl (C=O) groups is 1. The number of aryl methyl sites for hydroxylation is 1. The van der Waals surface area contributed by atoms with Crippen molar-refractivity contribution in [2.45, 2.75) is 20.8 Å². The molecule has 1 heterocycles. The second-order valence-electron chi connectivity index (χ2n) is 5.59. The quantitative estimate of drug-likeness (QED) is 0.801. The van der Waals surface area contributed by atoms with Gasteiger partial charge in [0.2, 0.25) is 5.91 Å². The number of carbonyl (C=O) groups excluding carboxylic acids is 1. The van der Waals surface area contributed by atoms with Gasteiger partial charge in [-0.1, -0.05) is 19.1 Å². The highest BCUT2D eigenvalue weighted by Gasteiger charge is 2.25. The Hall–Kier alpha value is -1.22. The first-order valence-electron chi connectivity index (χ1n) is 7.20. The van der Waals surface area contributed by atoms with Gasteiger partial charge in [0.05, 0.1) is 0 Å². The van der Waals surface area contributed by atoms with Gasteiger partial charge in [0.15, 0.2) is 0 Å². The van der Waals surface area contributed by atoms with Gasteiger partial charge in [-0.2, -0.15) is 0 Å². The standard InChI is InChI=1S/C16H23ClN2O/c1-12-5-4-6-15(14(12)3)18-7-9-19(10-8-18)16(20)13(2)11-17/h4-6,13H,7-11H2,1-3H3. The molecule has 1 saturated heterocycles. The number of nitrogens with zero attached hydrogens (tertiary/aromatic N) is 2. The third-order valence-corrected chi connectivity index (χ3v) is 4.62. The lowest BCUT2D eigenvalue weighted by Crippen LogP contribution is -2.50. The van der Waals surface area contributed by atoms with Crippen molar-refractivity contribution in [1.29, 1.82) is 0 Å². The van der Waals surface area contributed by atoms with Crippen molar-refractivity contribution in [2.24, 2.45) is 5.92 Å². The van der Waals surface area contributed by atoms with E-state index in [2.05, 4.69) is 36.9 Å². The molecule has 3 nitrogen and oxygen atoms in total. The van der Waals surface area contributed by atoms with E-state index in [9.17, 15) is 4.79 Å². The van der Waals surface area contributed by atoms with E-state index < -0.39 is 0 Å². The van der Waals surface area contributed by atoms with Crippen molar-refractivity contribution in [3.05, 3.63) is 29.3 Å². The molecule has 20 heavy (non-hydrogen) atoms. The predicted octanol–water partition coefficient (Wildman–Crippen LogP) is 2.83. The van der Waals surface area contributed by atoms with Crippen molar-refractivity contribution < 1.29 is 4.79 Å². The van der Waals surface area contributed by atoms with Crippen LogP contribution in [0.4, 0.5) is 5.69 Å². The monoisotopic (exact) mass is 294 g/mol. The minimum atomic E-state index is -0.0797. The van der Waals surface area contributed by atoms with Gasteiger partial charge in [-0.15, -0.1) is 11.6 Å². The van der Waals surface area contributed by atoms with E-state index in [1.165, 1.54) is 16.8 Å². The van der Waals surface area contributed by atoms with E-state index in [-0.39, 0.29) is 11.8 Å². The molecule has 4 heteroatoms. The molecule has 1 unspecified atom stereocenters. The maximum Gasteiger partial charge on any atom is 0.226 e. The van der Waals surface area contributed by atoms with E-state index >= 15 is 0 Å². The molecule has 0 aliphatic carbocycles. The summed E-state index contributed by atoms with van der Waals surface area (Å²) in [4.78, 5) is 16.4. The molecule has 0 N–H and O–H groups in total. The number of alkyl halides is 1. The fourth-order valence-corrected chi connectivity index (χ4v) is 2.76. The number of halogens is 1. The average molecular weight is 295 g/mol. The van der Waals surface area contributed by atoms with Crippen LogP contribution in [0, 0.1) is 19.8 Å². The summed E-state index contributed by atoms with van der Waals surface area (Å²) in [5.41, 5.74) is 3.95. The lowest BCUT2D eigenvalue weighted by Gasteiger charge is -2.37. The maximum atomic E-state index is 12.1. The zero-order valence-electron chi connectivity index (χ0n) is 12.5. The average Bonchev–Trinajstić information content (AvgIpc) is 2.48. The third kappa shape index (κ3) is 3.09. The summed E-state index contributed by atoms with van der Waals surface area (Å²) in [7, 11) is 0. The van der Waals surface area contributed by atoms with E-state index in [0.29, 0.717) is 5.88 Å². The van der Waals surface area contributed by atoms with Gasteiger partial charge < -0.3 is 9.80 Å². The molecule has 0 radical (unpaired) electrons. The second-order valence-corrected chi connectivity index (χ2v) is 5.90. The first-order chi connectivity index (χ1) is 9.54. The molecule has 1 amide bonds. The number of amides is 1. The largest absolute Gasteiger partial charge is 0.368 e. The summed E-state index contributed by atoms with van der Waals surface area (Å²) in [6.45, 7) is 9.56. The molecule has 110 valence electrons. The Kier molecular flexibility index (Phi) is 4.92. The molecular weight excluding hydrogens is 272 g/mol. The van der Waals surface area contributed by atoms with Crippen LogP contribution in [-0.4, -0.2) is 42.9 Å². The van der Waals surface area contributed by atoms with Gasteiger partial charge in [-0.05, 0) is 31.0 Å². The molecule has 1 aliphatic rings. The fraction of sp³-hybridized carbons (Fsp3) is 0.562. The number of hydrogen-bond acceptors (Lipinski definition) is 2. The second kappa shape index (κ2) is 6.49. The third-order valence-electron chi connectivity index (χ3n) is 4.16. The SMILES string of the molecule is Cc1cccc(N2CCN(C(=O)C(C)CCl)CC2)c1C. The zero-order chi connectivity index (χ0) is 14.7. The van der Waals surface area contributed by atoms with Crippen LogP contribution < -0.4 is 4.90 Å². The van der Waals surface area contributed by atoms with Crippen LogP contribution in [0.15, 0.2) is 18.2 Å². The molecule has 1 aromatic carbocycles. The first kappa shape index (κ1) is 15.2. The lowest BCUT2D eigenvalue weighted by molar-refractivity contribution is -0.134. The Morgan fingerprint density at radius 2 is 1.90 bits per heavy atom.